The Morgan fingerprint density at radius 3 is 2.44 bits per heavy atom. The summed E-state index contributed by atoms with van der Waals surface area (Å²) in [5.41, 5.74) is 3.93. The van der Waals surface area contributed by atoms with Gasteiger partial charge in [0.1, 0.15) is 11.6 Å². The molecule has 2 heterocycles. The topological polar surface area (TPSA) is 86.0 Å². The third-order valence-corrected chi connectivity index (χ3v) is 6.82. The van der Waals surface area contributed by atoms with Gasteiger partial charge in [0.15, 0.2) is 0 Å². The van der Waals surface area contributed by atoms with Crippen LogP contribution in [0.1, 0.15) is 54.0 Å². The smallest absolute Gasteiger partial charge is 0.303 e. The average molecular weight is 494 g/mol. The van der Waals surface area contributed by atoms with E-state index >= 15 is 0 Å². The molecule has 0 aliphatic carbocycles. The highest BCUT2D eigenvalue weighted by Gasteiger charge is 2.24. The van der Waals surface area contributed by atoms with Crippen LogP contribution in [0, 0.1) is 24.5 Å². The number of aryl methyl sites for hydroxylation is 1. The SMILES string of the molecule is Cc1cc(C(CC(c2ccc(N3CCC(CC(=O)O)CC3)cc2)c2ccc(F)cc2F)=NO)ccn1. The van der Waals surface area contributed by atoms with Crippen molar-refractivity contribution in [1.29, 1.82) is 0 Å². The summed E-state index contributed by atoms with van der Waals surface area (Å²) in [6.07, 6.45) is 3.65. The molecule has 1 unspecified atom stereocenters. The minimum absolute atomic E-state index is 0.192. The number of rotatable bonds is 8. The fourth-order valence-corrected chi connectivity index (χ4v) is 4.89. The van der Waals surface area contributed by atoms with Gasteiger partial charge in [-0.25, -0.2) is 8.78 Å². The maximum absolute atomic E-state index is 14.9. The first-order valence-electron chi connectivity index (χ1n) is 12.0. The molecule has 1 aliphatic heterocycles. The van der Waals surface area contributed by atoms with Crippen LogP contribution in [-0.4, -0.2) is 40.1 Å². The summed E-state index contributed by atoms with van der Waals surface area (Å²) < 4.78 is 28.6. The molecule has 0 radical (unpaired) electrons. The summed E-state index contributed by atoms with van der Waals surface area (Å²) in [5.74, 6) is -2.40. The summed E-state index contributed by atoms with van der Waals surface area (Å²) in [7, 11) is 0. The number of halogens is 2. The molecule has 0 saturated carbocycles. The van der Waals surface area contributed by atoms with Crippen LogP contribution in [0.3, 0.4) is 0 Å². The molecule has 0 amide bonds. The molecule has 1 aromatic heterocycles. The van der Waals surface area contributed by atoms with Crippen molar-refractivity contribution in [1.82, 2.24) is 4.98 Å². The normalized spacial score (nSPS) is 15.6. The Morgan fingerprint density at radius 2 is 1.83 bits per heavy atom. The summed E-state index contributed by atoms with van der Waals surface area (Å²) in [6, 6.07) is 14.8. The molecular weight excluding hydrogens is 464 g/mol. The molecular formula is C28H29F2N3O3. The van der Waals surface area contributed by atoms with E-state index in [9.17, 15) is 18.8 Å². The number of piperidine rings is 1. The van der Waals surface area contributed by atoms with Gasteiger partial charge in [0.2, 0.25) is 0 Å². The molecule has 2 N–H and O–H groups in total. The first-order chi connectivity index (χ1) is 17.3. The predicted octanol–water partition coefficient (Wildman–Crippen LogP) is 5.76. The van der Waals surface area contributed by atoms with Crippen molar-refractivity contribution in [2.45, 2.75) is 38.5 Å². The Morgan fingerprint density at radius 1 is 1.11 bits per heavy atom. The van der Waals surface area contributed by atoms with Crippen LogP contribution in [0.2, 0.25) is 0 Å². The number of pyridine rings is 1. The van der Waals surface area contributed by atoms with E-state index in [1.54, 1.807) is 18.3 Å². The Bertz CT molecular complexity index is 1240. The molecule has 188 valence electrons. The zero-order chi connectivity index (χ0) is 25.7. The molecule has 1 atom stereocenters. The van der Waals surface area contributed by atoms with Gasteiger partial charge in [-0.1, -0.05) is 23.4 Å². The van der Waals surface area contributed by atoms with Crippen molar-refractivity contribution in [3.8, 4) is 0 Å². The number of carboxylic acid groups (broad SMARTS) is 1. The minimum Gasteiger partial charge on any atom is -0.481 e. The second kappa shape index (κ2) is 11.3. The van der Waals surface area contributed by atoms with E-state index in [1.807, 2.05) is 31.2 Å². The minimum atomic E-state index is -0.760. The van der Waals surface area contributed by atoms with E-state index in [1.165, 1.54) is 12.1 Å². The molecule has 4 rings (SSSR count). The molecule has 2 aromatic carbocycles. The van der Waals surface area contributed by atoms with Gasteiger partial charge in [-0.05, 0) is 67.1 Å². The molecule has 1 saturated heterocycles. The zero-order valence-corrected chi connectivity index (χ0v) is 20.1. The van der Waals surface area contributed by atoms with Crippen molar-refractivity contribution < 1.29 is 23.9 Å². The van der Waals surface area contributed by atoms with Gasteiger partial charge in [-0.3, -0.25) is 9.78 Å². The number of hydrogen-bond acceptors (Lipinski definition) is 5. The molecule has 8 heteroatoms. The quantitative estimate of drug-likeness (QED) is 0.237. The number of oxime groups is 1. The maximum Gasteiger partial charge on any atom is 0.303 e. The number of nitrogens with zero attached hydrogens (tertiary/aromatic N) is 3. The highest BCUT2D eigenvalue weighted by molar-refractivity contribution is 6.00. The van der Waals surface area contributed by atoms with Crippen LogP contribution in [0.15, 0.2) is 65.9 Å². The van der Waals surface area contributed by atoms with Crippen molar-refractivity contribution in [3.05, 3.63) is 94.8 Å². The largest absolute Gasteiger partial charge is 0.481 e. The number of benzene rings is 2. The van der Waals surface area contributed by atoms with Crippen molar-refractivity contribution in [2.75, 3.05) is 18.0 Å². The van der Waals surface area contributed by atoms with Crippen molar-refractivity contribution in [3.63, 3.8) is 0 Å². The first-order valence-corrected chi connectivity index (χ1v) is 12.0. The van der Waals surface area contributed by atoms with Crippen LogP contribution in [0.5, 0.6) is 0 Å². The Kier molecular flexibility index (Phi) is 7.93. The van der Waals surface area contributed by atoms with Crippen LogP contribution in [-0.2, 0) is 4.79 Å². The Balaban J connectivity index is 1.60. The zero-order valence-electron chi connectivity index (χ0n) is 20.1. The molecule has 1 aliphatic rings. The second-order valence-corrected chi connectivity index (χ2v) is 9.27. The lowest BCUT2D eigenvalue weighted by atomic mass is 9.85. The van der Waals surface area contributed by atoms with Gasteiger partial charge < -0.3 is 15.2 Å². The van der Waals surface area contributed by atoms with Gasteiger partial charge in [0, 0.05) is 61.1 Å². The number of carboxylic acids is 1. The monoisotopic (exact) mass is 493 g/mol. The fraction of sp³-hybridized carbons (Fsp3) is 0.321. The lowest BCUT2D eigenvalue weighted by Crippen LogP contribution is -2.34. The summed E-state index contributed by atoms with van der Waals surface area (Å²) in [4.78, 5) is 17.4. The molecule has 6 nitrogen and oxygen atoms in total. The van der Waals surface area contributed by atoms with E-state index in [4.69, 9.17) is 5.11 Å². The molecule has 0 bridgehead atoms. The number of aromatic nitrogens is 1. The van der Waals surface area contributed by atoms with Crippen LogP contribution < -0.4 is 4.90 Å². The molecule has 3 aromatic rings. The number of anilines is 1. The van der Waals surface area contributed by atoms with Gasteiger partial charge in [-0.2, -0.15) is 0 Å². The van der Waals surface area contributed by atoms with E-state index in [0.717, 1.165) is 48.9 Å². The fourth-order valence-electron chi connectivity index (χ4n) is 4.89. The third-order valence-electron chi connectivity index (χ3n) is 6.82. The predicted molar refractivity (Wildman–Crippen MR) is 134 cm³/mol. The number of carbonyl (C=O) groups is 1. The van der Waals surface area contributed by atoms with Crippen LogP contribution in [0.4, 0.5) is 14.5 Å². The van der Waals surface area contributed by atoms with Gasteiger partial charge in [-0.15, -0.1) is 0 Å². The summed E-state index contributed by atoms with van der Waals surface area (Å²) in [6.45, 7) is 3.38. The van der Waals surface area contributed by atoms with Crippen LogP contribution >= 0.6 is 0 Å². The van der Waals surface area contributed by atoms with Crippen molar-refractivity contribution >= 4 is 17.4 Å². The summed E-state index contributed by atoms with van der Waals surface area (Å²) in [5, 5.41) is 22.3. The van der Waals surface area contributed by atoms with Gasteiger partial charge >= 0.3 is 5.97 Å². The highest BCUT2D eigenvalue weighted by Crippen LogP contribution is 2.34. The highest BCUT2D eigenvalue weighted by atomic mass is 19.1. The second-order valence-electron chi connectivity index (χ2n) is 9.27. The maximum atomic E-state index is 14.9. The summed E-state index contributed by atoms with van der Waals surface area (Å²) >= 11 is 0. The number of aliphatic carboxylic acids is 1. The molecule has 36 heavy (non-hydrogen) atoms. The van der Waals surface area contributed by atoms with Crippen LogP contribution in [0.25, 0.3) is 0 Å². The number of hydrogen-bond donors (Lipinski definition) is 2. The lowest BCUT2D eigenvalue weighted by molar-refractivity contribution is -0.138. The van der Waals surface area contributed by atoms with E-state index in [2.05, 4.69) is 15.0 Å². The van der Waals surface area contributed by atoms with Crippen molar-refractivity contribution in [2.24, 2.45) is 11.1 Å². The van der Waals surface area contributed by atoms with E-state index < -0.39 is 23.5 Å². The first kappa shape index (κ1) is 25.3. The Hall–Kier alpha value is -3.81. The molecule has 0 spiro atoms. The standard InChI is InChI=1S/C28H29F2N3O3/c1-18-14-21(8-11-31-18)27(32-36)17-25(24-7-4-22(29)16-26(24)30)20-2-5-23(6-3-20)33-12-9-19(10-13-33)15-28(34)35/h2-8,11,14,16,19,25,36H,9-10,12-13,15,17H2,1H3,(H,34,35). The lowest BCUT2D eigenvalue weighted by Gasteiger charge is -2.33. The van der Waals surface area contributed by atoms with E-state index in [-0.39, 0.29) is 18.8 Å². The van der Waals surface area contributed by atoms with Gasteiger partial charge in [0.25, 0.3) is 0 Å². The molecule has 1 fully saturated rings. The third kappa shape index (κ3) is 6.05. The average Bonchev–Trinajstić information content (AvgIpc) is 2.86. The Labute approximate surface area is 208 Å². The van der Waals surface area contributed by atoms with Gasteiger partial charge in [0.05, 0.1) is 5.71 Å². The van der Waals surface area contributed by atoms with E-state index in [0.29, 0.717) is 16.8 Å².